The van der Waals surface area contributed by atoms with Gasteiger partial charge in [-0.2, -0.15) is 0 Å². The molecule has 2 saturated carbocycles. The molecule has 5 heteroatoms. The molecule has 3 fully saturated rings. The van der Waals surface area contributed by atoms with Gasteiger partial charge >= 0.3 is 0 Å². The molecular formula is C20H27BrN2O2. The fourth-order valence-electron chi connectivity index (χ4n) is 5.06. The molecule has 1 aromatic rings. The molecule has 1 saturated heterocycles. The van der Waals surface area contributed by atoms with Crippen LogP contribution >= 0.6 is 15.9 Å². The number of benzene rings is 1. The molecule has 0 radical (unpaired) electrons. The van der Waals surface area contributed by atoms with Crippen molar-refractivity contribution in [3.8, 4) is 0 Å². The zero-order valence-corrected chi connectivity index (χ0v) is 16.4. The normalized spacial score (nSPS) is 29.0. The van der Waals surface area contributed by atoms with Crippen molar-refractivity contribution in [3.63, 3.8) is 0 Å². The predicted octanol–water partition coefficient (Wildman–Crippen LogP) is 3.34. The fraction of sp³-hybridized carbons (Fsp3) is 0.650. The number of hydrogen-bond acceptors (Lipinski definition) is 3. The molecule has 1 aliphatic heterocycles. The minimum atomic E-state index is 0.199. The van der Waals surface area contributed by atoms with E-state index in [0.717, 1.165) is 23.2 Å². The predicted molar refractivity (Wildman–Crippen MR) is 101 cm³/mol. The number of amides is 1. The molecule has 0 aromatic heterocycles. The van der Waals surface area contributed by atoms with Crippen LogP contribution in [0.25, 0.3) is 0 Å². The van der Waals surface area contributed by atoms with Crippen LogP contribution in [0, 0.1) is 11.3 Å². The van der Waals surface area contributed by atoms with Crippen molar-refractivity contribution in [2.24, 2.45) is 11.3 Å². The third-order valence-corrected chi connectivity index (χ3v) is 7.30. The Morgan fingerprint density at radius 1 is 1.40 bits per heavy atom. The van der Waals surface area contributed by atoms with Crippen LogP contribution in [0.4, 0.5) is 0 Å². The molecule has 0 bridgehead atoms. The number of fused-ring (bicyclic) bond motifs is 2. The fourth-order valence-corrected chi connectivity index (χ4v) is 5.47. The largest absolute Gasteiger partial charge is 0.377 e. The van der Waals surface area contributed by atoms with Gasteiger partial charge in [-0.25, -0.2) is 0 Å². The second-order valence-electron chi connectivity index (χ2n) is 7.85. The zero-order valence-electron chi connectivity index (χ0n) is 14.8. The summed E-state index contributed by atoms with van der Waals surface area (Å²) in [7, 11) is 1.89. The summed E-state index contributed by atoms with van der Waals surface area (Å²) in [6, 6.07) is 8.64. The Kier molecular flexibility index (Phi) is 4.91. The van der Waals surface area contributed by atoms with Crippen molar-refractivity contribution >= 4 is 21.8 Å². The van der Waals surface area contributed by atoms with Crippen molar-refractivity contribution in [3.05, 3.63) is 34.3 Å². The number of carbonyl (C=O) groups is 1. The van der Waals surface area contributed by atoms with Gasteiger partial charge in [-0.3, -0.25) is 4.79 Å². The van der Waals surface area contributed by atoms with Gasteiger partial charge in [0.15, 0.2) is 0 Å². The summed E-state index contributed by atoms with van der Waals surface area (Å²) >= 11 is 3.55. The van der Waals surface area contributed by atoms with Gasteiger partial charge < -0.3 is 15.0 Å². The number of rotatable bonds is 6. The Labute approximate surface area is 158 Å². The average molecular weight is 407 g/mol. The quantitative estimate of drug-likeness (QED) is 0.787. The lowest BCUT2D eigenvalue weighted by Crippen LogP contribution is -2.71. The highest BCUT2D eigenvalue weighted by Gasteiger charge is 2.66. The molecule has 3 atom stereocenters. The number of halogens is 1. The second-order valence-corrected chi connectivity index (χ2v) is 8.71. The van der Waals surface area contributed by atoms with E-state index < -0.39 is 0 Å². The van der Waals surface area contributed by atoms with Gasteiger partial charge in [-0.15, -0.1) is 0 Å². The maximum Gasteiger partial charge on any atom is 0.223 e. The van der Waals surface area contributed by atoms with E-state index >= 15 is 0 Å². The maximum absolute atomic E-state index is 12.5. The van der Waals surface area contributed by atoms with Crippen LogP contribution in [0.2, 0.25) is 0 Å². The lowest BCUT2D eigenvalue weighted by molar-refractivity contribution is -0.176. The molecule has 1 amide bonds. The van der Waals surface area contributed by atoms with E-state index in [0.29, 0.717) is 36.4 Å². The third-order valence-electron chi connectivity index (χ3n) is 6.53. The smallest absolute Gasteiger partial charge is 0.223 e. The number of carbonyl (C=O) groups excluding carboxylic acids is 1. The molecule has 3 aliphatic rings. The van der Waals surface area contributed by atoms with Gasteiger partial charge in [0.05, 0.1) is 6.10 Å². The topological polar surface area (TPSA) is 41.6 Å². The van der Waals surface area contributed by atoms with Crippen LogP contribution in [-0.4, -0.2) is 43.2 Å². The van der Waals surface area contributed by atoms with E-state index in [1.54, 1.807) is 0 Å². The Hall–Kier alpha value is -0.910. The number of nitrogens with one attached hydrogen (secondary N) is 1. The molecule has 1 N–H and O–H groups in total. The van der Waals surface area contributed by atoms with E-state index in [1.165, 1.54) is 25.7 Å². The van der Waals surface area contributed by atoms with Crippen molar-refractivity contribution in [2.75, 3.05) is 20.2 Å². The summed E-state index contributed by atoms with van der Waals surface area (Å²) in [5.74, 6) is 0.873. The van der Waals surface area contributed by atoms with Crippen molar-refractivity contribution < 1.29 is 9.53 Å². The van der Waals surface area contributed by atoms with Crippen molar-refractivity contribution in [2.45, 2.75) is 50.8 Å². The first-order valence-corrected chi connectivity index (χ1v) is 10.2. The van der Waals surface area contributed by atoms with E-state index in [2.05, 4.69) is 27.3 Å². The van der Waals surface area contributed by atoms with E-state index in [4.69, 9.17) is 4.74 Å². The monoisotopic (exact) mass is 406 g/mol. The molecular weight excluding hydrogens is 380 g/mol. The third kappa shape index (κ3) is 3.04. The summed E-state index contributed by atoms with van der Waals surface area (Å²) in [4.78, 5) is 14.3. The molecule has 1 spiro atoms. The first-order valence-electron chi connectivity index (χ1n) is 9.44. The minimum absolute atomic E-state index is 0.199. The van der Waals surface area contributed by atoms with Gasteiger partial charge in [-0.1, -0.05) is 40.5 Å². The van der Waals surface area contributed by atoms with Crippen molar-refractivity contribution in [1.29, 1.82) is 0 Å². The van der Waals surface area contributed by atoms with Crippen LogP contribution in [0.3, 0.4) is 0 Å². The summed E-state index contributed by atoms with van der Waals surface area (Å²) in [5.41, 5.74) is 1.54. The lowest BCUT2D eigenvalue weighted by Gasteiger charge is -2.63. The summed E-state index contributed by atoms with van der Waals surface area (Å²) in [6.45, 7) is 2.34. The van der Waals surface area contributed by atoms with Crippen LogP contribution in [0.5, 0.6) is 0 Å². The minimum Gasteiger partial charge on any atom is -0.377 e. The van der Waals surface area contributed by atoms with Crippen molar-refractivity contribution in [1.82, 2.24) is 10.2 Å². The first-order chi connectivity index (χ1) is 12.1. The highest BCUT2D eigenvalue weighted by Crippen LogP contribution is 2.62. The maximum atomic E-state index is 12.5. The number of hydrogen-bond donors (Lipinski definition) is 1. The molecule has 1 heterocycles. The molecule has 136 valence electrons. The van der Waals surface area contributed by atoms with Gasteiger partial charge in [0.1, 0.15) is 0 Å². The first kappa shape index (κ1) is 17.5. The number of ether oxygens (including phenoxy) is 1. The highest BCUT2D eigenvalue weighted by atomic mass is 79.9. The van der Waals surface area contributed by atoms with Crippen LogP contribution in [0.1, 0.15) is 37.7 Å². The average Bonchev–Trinajstić information content (AvgIpc) is 2.97. The van der Waals surface area contributed by atoms with Gasteiger partial charge in [-0.05, 0) is 30.9 Å². The molecule has 1 aromatic carbocycles. The standard InChI is InChI=1S/C20H27BrN2O2/c1-23(13-14-5-2-3-6-16(14)21)17(24)7-11-22-18-15-8-12-25-19(15)20(18)9-4-10-20/h2-3,5-6,15,18-19,22H,4,7-13H2,1H3/t15-,18-,19-/m1/s1. The Morgan fingerprint density at radius 2 is 2.20 bits per heavy atom. The summed E-state index contributed by atoms with van der Waals surface area (Å²) in [5, 5.41) is 3.71. The zero-order chi connectivity index (χ0) is 17.4. The van der Waals surface area contributed by atoms with E-state index in [-0.39, 0.29) is 5.91 Å². The summed E-state index contributed by atoms with van der Waals surface area (Å²) in [6.07, 6.45) is 6.15. The molecule has 25 heavy (non-hydrogen) atoms. The van der Waals surface area contributed by atoms with E-state index in [9.17, 15) is 4.79 Å². The summed E-state index contributed by atoms with van der Waals surface area (Å²) < 4.78 is 7.02. The Balaban J connectivity index is 1.26. The number of nitrogens with zero attached hydrogens (tertiary/aromatic N) is 1. The second kappa shape index (κ2) is 7.01. The van der Waals surface area contributed by atoms with Gasteiger partial charge in [0.25, 0.3) is 0 Å². The van der Waals surface area contributed by atoms with Crippen LogP contribution in [-0.2, 0) is 16.1 Å². The lowest BCUT2D eigenvalue weighted by atomic mass is 9.46. The van der Waals surface area contributed by atoms with E-state index in [1.807, 2.05) is 30.1 Å². The Bertz CT molecular complexity index is 646. The van der Waals surface area contributed by atoms with Crippen LogP contribution in [0.15, 0.2) is 28.7 Å². The van der Waals surface area contributed by atoms with Gasteiger partial charge in [0.2, 0.25) is 5.91 Å². The SMILES string of the molecule is CN(Cc1ccccc1Br)C(=O)CCN[C@@H]1[C@H]2CCO[C@H]2C12CCC2. The highest BCUT2D eigenvalue weighted by molar-refractivity contribution is 9.10. The molecule has 4 rings (SSSR count). The van der Waals surface area contributed by atoms with Crippen LogP contribution < -0.4 is 5.32 Å². The molecule has 0 unspecified atom stereocenters. The molecule has 4 nitrogen and oxygen atoms in total. The molecule has 2 aliphatic carbocycles. The Morgan fingerprint density at radius 3 is 2.92 bits per heavy atom. The van der Waals surface area contributed by atoms with Gasteiger partial charge in [0, 0.05) is 55.0 Å².